The Bertz CT molecular complexity index is 514. The van der Waals surface area contributed by atoms with Crippen LogP contribution in [0.3, 0.4) is 0 Å². The van der Waals surface area contributed by atoms with Gasteiger partial charge in [0, 0.05) is 6.07 Å². The lowest BCUT2D eigenvalue weighted by atomic mass is 10.1. The van der Waals surface area contributed by atoms with Gasteiger partial charge >= 0.3 is 0 Å². The SMILES string of the molecule is O=C(CN1CC(F)(F)C1)Nc1ccccc1[N+](=O)[O-]. The summed E-state index contributed by atoms with van der Waals surface area (Å²) >= 11 is 0. The van der Waals surface area contributed by atoms with Gasteiger partial charge in [-0.15, -0.1) is 0 Å². The van der Waals surface area contributed by atoms with Crippen LogP contribution in [0.1, 0.15) is 0 Å². The van der Waals surface area contributed by atoms with Crippen LogP contribution in [0.15, 0.2) is 24.3 Å². The van der Waals surface area contributed by atoms with Gasteiger partial charge in [0.15, 0.2) is 0 Å². The van der Waals surface area contributed by atoms with Crippen LogP contribution in [-0.2, 0) is 4.79 Å². The zero-order valence-corrected chi connectivity index (χ0v) is 9.81. The highest BCUT2D eigenvalue weighted by Gasteiger charge is 2.44. The fourth-order valence-electron chi connectivity index (χ4n) is 1.85. The van der Waals surface area contributed by atoms with Crippen LogP contribution in [-0.4, -0.2) is 41.3 Å². The third kappa shape index (κ3) is 3.22. The van der Waals surface area contributed by atoms with Crippen molar-refractivity contribution in [1.29, 1.82) is 0 Å². The highest BCUT2D eigenvalue weighted by Crippen LogP contribution is 2.27. The van der Waals surface area contributed by atoms with Crippen LogP contribution in [0.2, 0.25) is 0 Å². The van der Waals surface area contributed by atoms with Crippen molar-refractivity contribution in [3.8, 4) is 0 Å². The van der Waals surface area contributed by atoms with Gasteiger partial charge in [0.25, 0.3) is 11.6 Å². The van der Waals surface area contributed by atoms with Gasteiger partial charge in [-0.05, 0) is 6.07 Å². The number of nitro groups is 1. The molecule has 1 saturated heterocycles. The molecule has 2 rings (SSSR count). The van der Waals surface area contributed by atoms with Crippen molar-refractivity contribution in [2.24, 2.45) is 0 Å². The van der Waals surface area contributed by atoms with E-state index in [1.54, 1.807) is 6.07 Å². The Morgan fingerprint density at radius 3 is 2.63 bits per heavy atom. The van der Waals surface area contributed by atoms with E-state index in [1.807, 2.05) is 0 Å². The molecule has 6 nitrogen and oxygen atoms in total. The van der Waals surface area contributed by atoms with Crippen molar-refractivity contribution in [3.63, 3.8) is 0 Å². The Hall–Kier alpha value is -2.09. The first-order chi connectivity index (χ1) is 8.87. The summed E-state index contributed by atoms with van der Waals surface area (Å²) in [6, 6.07) is 5.66. The minimum Gasteiger partial charge on any atom is -0.319 e. The molecule has 1 aromatic rings. The molecule has 19 heavy (non-hydrogen) atoms. The number of rotatable bonds is 4. The van der Waals surface area contributed by atoms with Gasteiger partial charge in [-0.25, -0.2) is 8.78 Å². The van der Waals surface area contributed by atoms with E-state index in [9.17, 15) is 23.7 Å². The average Bonchev–Trinajstić information content (AvgIpc) is 2.26. The van der Waals surface area contributed by atoms with Gasteiger partial charge in [0.1, 0.15) is 5.69 Å². The van der Waals surface area contributed by atoms with Crippen LogP contribution in [0.4, 0.5) is 20.2 Å². The van der Waals surface area contributed by atoms with Gasteiger partial charge < -0.3 is 5.32 Å². The fourth-order valence-corrected chi connectivity index (χ4v) is 1.85. The maximum absolute atomic E-state index is 12.6. The zero-order chi connectivity index (χ0) is 14.0. The predicted octanol–water partition coefficient (Wildman–Crippen LogP) is 1.48. The van der Waals surface area contributed by atoms with E-state index in [2.05, 4.69) is 5.32 Å². The van der Waals surface area contributed by atoms with Crippen LogP contribution in [0.25, 0.3) is 0 Å². The number of anilines is 1. The molecule has 0 unspecified atom stereocenters. The average molecular weight is 271 g/mol. The largest absolute Gasteiger partial charge is 0.319 e. The van der Waals surface area contributed by atoms with Crippen molar-refractivity contribution >= 4 is 17.3 Å². The molecule has 8 heteroatoms. The molecular weight excluding hydrogens is 260 g/mol. The van der Waals surface area contributed by atoms with E-state index >= 15 is 0 Å². The molecule has 0 radical (unpaired) electrons. The summed E-state index contributed by atoms with van der Waals surface area (Å²) < 4.78 is 25.1. The monoisotopic (exact) mass is 271 g/mol. The van der Waals surface area contributed by atoms with Crippen molar-refractivity contribution in [3.05, 3.63) is 34.4 Å². The standard InChI is InChI=1S/C11H11F2N3O3/c12-11(13)6-15(7-11)5-10(17)14-8-3-1-2-4-9(8)16(18)19/h1-4H,5-7H2,(H,14,17). The number of benzene rings is 1. The van der Waals surface area contributed by atoms with Crippen LogP contribution in [0, 0.1) is 10.1 Å². The summed E-state index contributed by atoms with van der Waals surface area (Å²) in [6.45, 7) is -1.13. The predicted molar refractivity (Wildman–Crippen MR) is 63.1 cm³/mol. The first-order valence-electron chi connectivity index (χ1n) is 5.51. The molecular formula is C11H11F2N3O3. The number of nitrogens with zero attached hydrogens (tertiary/aromatic N) is 2. The molecule has 1 amide bonds. The number of likely N-dealkylation sites (tertiary alicyclic amines) is 1. The van der Waals surface area contributed by atoms with E-state index in [0.717, 1.165) is 0 Å². The third-order valence-electron chi connectivity index (χ3n) is 2.65. The Morgan fingerprint density at radius 2 is 2.05 bits per heavy atom. The summed E-state index contributed by atoms with van der Waals surface area (Å²) in [5, 5.41) is 13.1. The summed E-state index contributed by atoms with van der Waals surface area (Å²) in [5.41, 5.74) is -0.172. The lowest BCUT2D eigenvalue weighted by molar-refractivity contribution is -0.383. The number of para-hydroxylation sites is 2. The van der Waals surface area contributed by atoms with Gasteiger partial charge in [-0.3, -0.25) is 19.8 Å². The summed E-state index contributed by atoms with van der Waals surface area (Å²) in [7, 11) is 0. The lowest BCUT2D eigenvalue weighted by Gasteiger charge is -2.37. The molecule has 102 valence electrons. The Morgan fingerprint density at radius 1 is 1.42 bits per heavy atom. The van der Waals surface area contributed by atoms with Gasteiger partial charge in [0.05, 0.1) is 24.6 Å². The van der Waals surface area contributed by atoms with Crippen molar-refractivity contribution in [2.45, 2.75) is 5.92 Å². The number of hydrogen-bond donors (Lipinski definition) is 1. The first kappa shape index (κ1) is 13.3. The number of carbonyl (C=O) groups excluding carboxylic acids is 1. The van der Waals surface area contributed by atoms with E-state index in [-0.39, 0.29) is 17.9 Å². The number of nitrogens with one attached hydrogen (secondary N) is 1. The number of amides is 1. The number of halogens is 2. The second kappa shape index (κ2) is 4.88. The molecule has 1 aromatic carbocycles. The number of alkyl halides is 2. The Balaban J connectivity index is 1.94. The van der Waals surface area contributed by atoms with Crippen LogP contribution >= 0.6 is 0 Å². The number of carbonyl (C=O) groups is 1. The molecule has 1 fully saturated rings. The molecule has 1 N–H and O–H groups in total. The second-order valence-electron chi connectivity index (χ2n) is 4.32. The zero-order valence-electron chi connectivity index (χ0n) is 9.81. The van der Waals surface area contributed by atoms with Crippen LogP contribution in [0.5, 0.6) is 0 Å². The fraction of sp³-hybridized carbons (Fsp3) is 0.364. The van der Waals surface area contributed by atoms with Gasteiger partial charge in [-0.1, -0.05) is 12.1 Å². The van der Waals surface area contributed by atoms with Crippen LogP contribution < -0.4 is 5.32 Å². The minimum atomic E-state index is -2.74. The van der Waals surface area contributed by atoms with Gasteiger partial charge in [-0.2, -0.15) is 0 Å². The smallest absolute Gasteiger partial charge is 0.292 e. The Kier molecular flexibility index (Phi) is 3.43. The normalized spacial score (nSPS) is 17.6. The molecule has 0 aliphatic carbocycles. The van der Waals surface area contributed by atoms with E-state index in [1.165, 1.54) is 23.1 Å². The molecule has 0 atom stereocenters. The van der Waals surface area contributed by atoms with Crippen molar-refractivity contribution < 1.29 is 18.5 Å². The quantitative estimate of drug-likeness (QED) is 0.665. The molecule has 1 heterocycles. The van der Waals surface area contributed by atoms with E-state index < -0.39 is 29.8 Å². The van der Waals surface area contributed by atoms with Gasteiger partial charge in [0.2, 0.25) is 5.91 Å². The highest BCUT2D eigenvalue weighted by molar-refractivity contribution is 5.94. The topological polar surface area (TPSA) is 75.5 Å². The summed E-state index contributed by atoms with van der Waals surface area (Å²) in [4.78, 5) is 23.0. The molecule has 1 aliphatic heterocycles. The third-order valence-corrected chi connectivity index (χ3v) is 2.65. The first-order valence-corrected chi connectivity index (χ1v) is 5.51. The van der Waals surface area contributed by atoms with Crippen molar-refractivity contribution in [1.82, 2.24) is 4.90 Å². The number of hydrogen-bond acceptors (Lipinski definition) is 4. The molecule has 0 aromatic heterocycles. The Labute approximate surface area is 107 Å². The summed E-state index contributed by atoms with van der Waals surface area (Å²) in [5.74, 6) is -3.29. The second-order valence-corrected chi connectivity index (χ2v) is 4.32. The van der Waals surface area contributed by atoms with E-state index in [4.69, 9.17) is 0 Å². The summed E-state index contributed by atoms with van der Waals surface area (Å²) in [6.07, 6.45) is 0. The van der Waals surface area contributed by atoms with E-state index in [0.29, 0.717) is 0 Å². The molecule has 0 bridgehead atoms. The maximum atomic E-state index is 12.6. The minimum absolute atomic E-state index is 0.0600. The number of nitro benzene ring substituents is 1. The van der Waals surface area contributed by atoms with Crippen molar-refractivity contribution in [2.75, 3.05) is 25.0 Å². The molecule has 0 saturated carbocycles. The lowest BCUT2D eigenvalue weighted by Crippen LogP contribution is -2.57. The molecule has 1 aliphatic rings. The highest BCUT2D eigenvalue weighted by atomic mass is 19.3. The molecule has 0 spiro atoms. The maximum Gasteiger partial charge on any atom is 0.292 e.